The zero-order chi connectivity index (χ0) is 32.9. The number of anilines is 1. The van der Waals surface area contributed by atoms with Crippen molar-refractivity contribution < 1.29 is 27.8 Å². The molecule has 13 heteroatoms. The van der Waals surface area contributed by atoms with Crippen LogP contribution in [0.2, 0.25) is 0 Å². The number of hydrazine groups is 1. The number of fused-ring (bicyclic) bond motifs is 3. The summed E-state index contributed by atoms with van der Waals surface area (Å²) in [4.78, 5) is 29.6. The SMILES string of the molecule is C#Cc1c(F)ccc2cc(O)cc(-c3ncc4c(N5CCN(C(=O)C=C)CCN5)nc(OC[C@@]56CCCN5C[C@H](F)C6)nc4c3F)c12. The number of nitrogens with one attached hydrogen (secondary N) is 1. The third-order valence-corrected chi connectivity index (χ3v) is 9.35. The first-order valence-corrected chi connectivity index (χ1v) is 15.4. The zero-order valence-corrected chi connectivity index (χ0v) is 25.5. The molecule has 0 aliphatic carbocycles. The average Bonchev–Trinajstić information content (AvgIpc) is 3.47. The number of benzene rings is 2. The number of phenols is 1. The van der Waals surface area contributed by atoms with Crippen LogP contribution in [-0.4, -0.2) is 93.4 Å². The summed E-state index contributed by atoms with van der Waals surface area (Å²) in [6.45, 7) is 6.21. The number of pyridine rings is 1. The van der Waals surface area contributed by atoms with Crippen molar-refractivity contribution in [3.63, 3.8) is 0 Å². The maximum absolute atomic E-state index is 16.8. The quantitative estimate of drug-likeness (QED) is 0.237. The Balaban J connectivity index is 1.36. The van der Waals surface area contributed by atoms with Gasteiger partial charge < -0.3 is 14.7 Å². The van der Waals surface area contributed by atoms with Crippen LogP contribution in [0.4, 0.5) is 19.0 Å². The van der Waals surface area contributed by atoms with Gasteiger partial charge in [-0.3, -0.25) is 19.7 Å². The Morgan fingerprint density at radius 1 is 1.23 bits per heavy atom. The molecule has 0 bridgehead atoms. The standard InChI is InChI=1S/C34H32F3N7O3/c1-3-23-26(36)7-6-20-14-22(45)15-24(28(20)23)30-29(37)31-25(17-38-30)32(44-13-12-42(11-9-39-44)27(46)4-2)41-33(40-31)47-19-34-8-5-10-43(34)18-21(35)16-34/h1,4,6-7,14-15,17,21,39,45H,2,5,8-13,16,18-19H2/t21-,34+/m1/s1. The van der Waals surface area contributed by atoms with Crippen molar-refractivity contribution in [2.24, 2.45) is 0 Å². The van der Waals surface area contributed by atoms with E-state index in [0.29, 0.717) is 38.0 Å². The number of carbonyl (C=O) groups is 1. The Morgan fingerprint density at radius 3 is 2.89 bits per heavy atom. The lowest BCUT2D eigenvalue weighted by Gasteiger charge is -2.31. The molecule has 2 N–H and O–H groups in total. The lowest BCUT2D eigenvalue weighted by molar-refractivity contribution is -0.125. The van der Waals surface area contributed by atoms with Crippen molar-refractivity contribution in [2.45, 2.75) is 31.0 Å². The van der Waals surface area contributed by atoms with E-state index in [4.69, 9.17) is 11.2 Å². The van der Waals surface area contributed by atoms with Gasteiger partial charge in [-0.1, -0.05) is 18.6 Å². The van der Waals surface area contributed by atoms with Gasteiger partial charge in [-0.15, -0.1) is 6.42 Å². The van der Waals surface area contributed by atoms with E-state index < -0.39 is 23.3 Å². The van der Waals surface area contributed by atoms with Crippen molar-refractivity contribution in [2.75, 3.05) is 50.9 Å². The Bertz CT molecular complexity index is 1970. The van der Waals surface area contributed by atoms with E-state index in [1.165, 1.54) is 36.5 Å². The minimum absolute atomic E-state index is 0.0846. The van der Waals surface area contributed by atoms with E-state index >= 15 is 4.39 Å². The number of alkyl halides is 1. The molecule has 3 saturated heterocycles. The number of aromatic nitrogens is 3. The van der Waals surface area contributed by atoms with E-state index in [1.54, 1.807) is 9.91 Å². The molecule has 3 aliphatic heterocycles. The lowest BCUT2D eigenvalue weighted by atomic mass is 9.95. The predicted octanol–water partition coefficient (Wildman–Crippen LogP) is 4.10. The maximum Gasteiger partial charge on any atom is 0.319 e. The van der Waals surface area contributed by atoms with Gasteiger partial charge in [0.25, 0.3) is 0 Å². The highest BCUT2D eigenvalue weighted by Crippen LogP contribution is 2.41. The summed E-state index contributed by atoms with van der Waals surface area (Å²) in [6.07, 6.45) is 9.35. The second kappa shape index (κ2) is 12.0. The number of ether oxygens (including phenoxy) is 1. The molecule has 3 aliphatic rings. The normalized spacial score (nSPS) is 21.5. The molecule has 7 rings (SSSR count). The van der Waals surface area contributed by atoms with Crippen molar-refractivity contribution >= 4 is 33.4 Å². The molecule has 2 atom stereocenters. The van der Waals surface area contributed by atoms with Gasteiger partial charge in [-0.2, -0.15) is 9.97 Å². The topological polar surface area (TPSA) is 107 Å². The number of aromatic hydroxyl groups is 1. The number of phenolic OH excluding ortho intramolecular Hbond substituents is 1. The van der Waals surface area contributed by atoms with Gasteiger partial charge in [0.05, 0.1) is 23.0 Å². The fourth-order valence-corrected chi connectivity index (χ4v) is 7.14. The predicted molar refractivity (Wildman–Crippen MR) is 170 cm³/mol. The summed E-state index contributed by atoms with van der Waals surface area (Å²) in [7, 11) is 0. The highest BCUT2D eigenvalue weighted by Gasteiger charge is 2.49. The number of halogens is 3. The molecule has 0 radical (unpaired) electrons. The number of hydrogen-bond donors (Lipinski definition) is 2. The molecule has 1 amide bonds. The van der Waals surface area contributed by atoms with Crippen LogP contribution in [0, 0.1) is 24.0 Å². The highest BCUT2D eigenvalue weighted by molar-refractivity contribution is 6.03. The van der Waals surface area contributed by atoms with Crippen molar-refractivity contribution in [1.82, 2.24) is 30.2 Å². The molecule has 5 heterocycles. The van der Waals surface area contributed by atoms with Crippen LogP contribution in [0.3, 0.4) is 0 Å². The van der Waals surface area contributed by atoms with E-state index in [0.717, 1.165) is 19.4 Å². The number of terminal acetylenes is 1. The molecule has 47 heavy (non-hydrogen) atoms. The van der Waals surface area contributed by atoms with E-state index in [9.17, 15) is 18.7 Å². The summed E-state index contributed by atoms with van der Waals surface area (Å²) in [5.41, 5.74) is 2.39. The summed E-state index contributed by atoms with van der Waals surface area (Å²) < 4.78 is 52.2. The van der Waals surface area contributed by atoms with Gasteiger partial charge >= 0.3 is 6.01 Å². The minimum Gasteiger partial charge on any atom is -0.508 e. The Labute approximate surface area is 268 Å². The minimum atomic E-state index is -0.963. The third kappa shape index (κ3) is 5.37. The van der Waals surface area contributed by atoms with E-state index in [2.05, 4.69) is 37.8 Å². The van der Waals surface area contributed by atoms with Crippen LogP contribution < -0.4 is 15.2 Å². The molecule has 0 spiro atoms. The summed E-state index contributed by atoms with van der Waals surface area (Å²) in [5, 5.41) is 13.1. The number of rotatable bonds is 6. The molecule has 0 saturated carbocycles. The smallest absolute Gasteiger partial charge is 0.319 e. The van der Waals surface area contributed by atoms with Crippen LogP contribution in [0.5, 0.6) is 11.8 Å². The molecular formula is C34H32F3N7O3. The number of hydrogen-bond acceptors (Lipinski definition) is 9. The molecule has 4 aromatic rings. The highest BCUT2D eigenvalue weighted by atomic mass is 19.1. The van der Waals surface area contributed by atoms with Crippen LogP contribution in [0.15, 0.2) is 43.1 Å². The van der Waals surface area contributed by atoms with E-state index in [-0.39, 0.29) is 69.7 Å². The molecule has 2 aromatic carbocycles. The Morgan fingerprint density at radius 2 is 2.09 bits per heavy atom. The van der Waals surface area contributed by atoms with Crippen LogP contribution in [0.1, 0.15) is 24.8 Å². The summed E-state index contributed by atoms with van der Waals surface area (Å²) >= 11 is 0. The van der Waals surface area contributed by atoms with Crippen LogP contribution >= 0.6 is 0 Å². The van der Waals surface area contributed by atoms with Crippen LogP contribution in [0.25, 0.3) is 32.9 Å². The van der Waals surface area contributed by atoms with Crippen molar-refractivity contribution in [3.05, 3.63) is 60.3 Å². The maximum atomic E-state index is 16.8. The molecule has 3 fully saturated rings. The summed E-state index contributed by atoms with van der Waals surface area (Å²) in [5.74, 6) is 0.665. The van der Waals surface area contributed by atoms with Gasteiger partial charge in [-0.25, -0.2) is 18.6 Å². The molecule has 10 nitrogen and oxygen atoms in total. The largest absolute Gasteiger partial charge is 0.508 e. The molecule has 0 unspecified atom stereocenters. The zero-order valence-electron chi connectivity index (χ0n) is 25.5. The first kappa shape index (κ1) is 30.7. The Kier molecular flexibility index (Phi) is 7.85. The van der Waals surface area contributed by atoms with Crippen LogP contribution in [-0.2, 0) is 4.79 Å². The first-order chi connectivity index (χ1) is 22.7. The second-order valence-electron chi connectivity index (χ2n) is 12.1. The molecular weight excluding hydrogens is 611 g/mol. The van der Waals surface area contributed by atoms with Crippen molar-refractivity contribution in [3.8, 4) is 35.4 Å². The van der Waals surface area contributed by atoms with Gasteiger partial charge in [0.2, 0.25) is 5.91 Å². The van der Waals surface area contributed by atoms with E-state index in [1.807, 2.05) is 0 Å². The summed E-state index contributed by atoms with van der Waals surface area (Å²) in [6, 6.07) is 5.21. The van der Waals surface area contributed by atoms with Crippen molar-refractivity contribution in [1.29, 1.82) is 0 Å². The fraction of sp³-hybridized carbons (Fsp3) is 0.353. The van der Waals surface area contributed by atoms with Gasteiger partial charge in [-0.05, 0) is 49.0 Å². The first-order valence-electron chi connectivity index (χ1n) is 15.4. The number of carbonyl (C=O) groups excluding carboxylic acids is 1. The monoisotopic (exact) mass is 643 g/mol. The van der Waals surface area contributed by atoms with Gasteiger partial charge in [0, 0.05) is 49.7 Å². The molecule has 2 aromatic heterocycles. The Hall–Kier alpha value is -4.93. The fourth-order valence-electron chi connectivity index (χ4n) is 7.14. The van der Waals surface area contributed by atoms with Gasteiger partial charge in [0.1, 0.15) is 35.6 Å². The van der Waals surface area contributed by atoms with Gasteiger partial charge in [0.15, 0.2) is 11.6 Å². The average molecular weight is 644 g/mol. The number of amides is 1. The second-order valence-corrected chi connectivity index (χ2v) is 12.1. The molecule has 242 valence electrons. The number of nitrogens with zero attached hydrogens (tertiary/aromatic N) is 6. The third-order valence-electron chi connectivity index (χ3n) is 9.35. The lowest BCUT2D eigenvalue weighted by Crippen LogP contribution is -2.43.